The second kappa shape index (κ2) is 9.54. The molecule has 2 saturated heterocycles. The molecule has 0 saturated carbocycles. The molecule has 1 aromatic heterocycles. The average Bonchev–Trinajstić information content (AvgIpc) is 3.52. The highest BCUT2D eigenvalue weighted by Gasteiger charge is 2.41. The maximum absolute atomic E-state index is 5.62. The zero-order chi connectivity index (χ0) is 21.9. The molecule has 2 aromatic rings. The summed E-state index contributed by atoms with van der Waals surface area (Å²) < 4.78 is 5.62. The minimum absolute atomic E-state index is 0.144. The van der Waals surface area contributed by atoms with E-state index >= 15 is 0 Å². The van der Waals surface area contributed by atoms with Crippen molar-refractivity contribution >= 4 is 23.3 Å². The molecule has 0 aliphatic carbocycles. The molecular formula is C23H31N7OS. The van der Waals surface area contributed by atoms with Gasteiger partial charge in [0.05, 0.1) is 19.0 Å². The van der Waals surface area contributed by atoms with Crippen LogP contribution in [0.3, 0.4) is 0 Å². The van der Waals surface area contributed by atoms with Crippen molar-refractivity contribution in [3.05, 3.63) is 48.5 Å². The number of nitrogens with one attached hydrogen (secondary N) is 1. The highest BCUT2D eigenvalue weighted by molar-refractivity contribution is 7.99. The number of hydrogen-bond acceptors (Lipinski definition) is 9. The van der Waals surface area contributed by atoms with Gasteiger partial charge in [0.2, 0.25) is 0 Å². The van der Waals surface area contributed by atoms with Crippen LogP contribution in [0.4, 0.5) is 5.69 Å². The van der Waals surface area contributed by atoms with Crippen LogP contribution in [0.2, 0.25) is 0 Å². The van der Waals surface area contributed by atoms with E-state index in [1.165, 1.54) is 25.1 Å². The number of para-hydroxylation sites is 2. The van der Waals surface area contributed by atoms with Crippen molar-refractivity contribution in [3.8, 4) is 5.75 Å². The smallest absolute Gasteiger partial charge is 0.178 e. The first-order chi connectivity index (χ1) is 15.7. The molecule has 5 rings (SSSR count). The van der Waals surface area contributed by atoms with Crippen molar-refractivity contribution in [1.82, 2.24) is 25.2 Å². The number of hydrazone groups is 1. The van der Waals surface area contributed by atoms with Gasteiger partial charge >= 0.3 is 0 Å². The third-order valence-corrected chi connectivity index (χ3v) is 7.93. The third kappa shape index (κ3) is 4.23. The molecule has 32 heavy (non-hydrogen) atoms. The molecule has 0 bridgehead atoms. The lowest BCUT2D eigenvalue weighted by atomic mass is 10.0. The number of amidine groups is 1. The van der Waals surface area contributed by atoms with E-state index in [1.54, 1.807) is 25.7 Å². The molecule has 3 aliphatic rings. The zero-order valence-corrected chi connectivity index (χ0v) is 19.5. The molecule has 3 unspecified atom stereocenters. The summed E-state index contributed by atoms with van der Waals surface area (Å²) >= 11 is 1.90. The Morgan fingerprint density at radius 2 is 2.12 bits per heavy atom. The minimum Gasteiger partial charge on any atom is -0.495 e. The number of methoxy groups -OCH3 is 1. The molecule has 0 spiro atoms. The van der Waals surface area contributed by atoms with Gasteiger partial charge in [0.1, 0.15) is 11.4 Å². The molecule has 9 heteroatoms. The molecule has 1 N–H and O–H groups in total. The summed E-state index contributed by atoms with van der Waals surface area (Å²) in [5, 5.41) is 4.46. The molecule has 0 radical (unpaired) electrons. The number of anilines is 1. The maximum Gasteiger partial charge on any atom is 0.178 e. The third-order valence-electron chi connectivity index (χ3n) is 6.67. The molecule has 2 fully saturated rings. The van der Waals surface area contributed by atoms with Crippen molar-refractivity contribution in [2.24, 2.45) is 11.0 Å². The van der Waals surface area contributed by atoms with Crippen molar-refractivity contribution < 1.29 is 4.74 Å². The number of rotatable bonds is 8. The Hall–Kier alpha value is -2.52. The van der Waals surface area contributed by atoms with Crippen molar-refractivity contribution in [1.29, 1.82) is 0 Å². The summed E-state index contributed by atoms with van der Waals surface area (Å²) in [7, 11) is 3.82. The van der Waals surface area contributed by atoms with E-state index in [-0.39, 0.29) is 5.50 Å². The SMILES string of the molecule is COc1ccccc1N1CCC2CN(CCCSC3NN=C(c4cnccn4)N3C)CC21. The second-order valence-corrected chi connectivity index (χ2v) is 9.77. The van der Waals surface area contributed by atoms with Crippen LogP contribution < -0.4 is 15.1 Å². The number of benzene rings is 1. The van der Waals surface area contributed by atoms with Gasteiger partial charge in [-0.05, 0) is 43.2 Å². The molecule has 3 aliphatic heterocycles. The number of fused-ring (bicyclic) bond motifs is 1. The number of likely N-dealkylation sites (tertiary alicyclic amines) is 1. The Morgan fingerprint density at radius 3 is 2.97 bits per heavy atom. The monoisotopic (exact) mass is 453 g/mol. The average molecular weight is 454 g/mol. The Labute approximate surface area is 194 Å². The lowest BCUT2D eigenvalue weighted by Crippen LogP contribution is -2.36. The fourth-order valence-electron chi connectivity index (χ4n) is 5.08. The van der Waals surface area contributed by atoms with Crippen LogP contribution in [0.1, 0.15) is 18.5 Å². The van der Waals surface area contributed by atoms with Crippen LogP contribution >= 0.6 is 11.8 Å². The highest BCUT2D eigenvalue weighted by atomic mass is 32.2. The van der Waals surface area contributed by atoms with Gasteiger partial charge in [-0.15, -0.1) is 11.8 Å². The first kappa shape index (κ1) is 21.3. The Morgan fingerprint density at radius 1 is 1.22 bits per heavy atom. The van der Waals surface area contributed by atoms with Gasteiger partial charge in [0.25, 0.3) is 0 Å². The van der Waals surface area contributed by atoms with Crippen LogP contribution in [-0.2, 0) is 0 Å². The quantitative estimate of drug-likeness (QED) is 0.611. The molecule has 170 valence electrons. The number of ether oxygens (including phenoxy) is 1. The number of hydrogen-bond donors (Lipinski definition) is 1. The molecule has 0 amide bonds. The highest BCUT2D eigenvalue weighted by Crippen LogP contribution is 2.39. The standard InChI is InChI=1S/C23H31N7OS/c1-28-22(18-14-24-9-10-25-18)26-27-23(28)32-13-5-11-29-15-17-8-12-30(20(17)16-29)19-6-3-4-7-21(19)31-2/h3-4,6-7,9-10,14,17,20,23,27H,5,8,11-13,15-16H2,1-2H3. The fourth-order valence-corrected chi connectivity index (χ4v) is 6.04. The largest absolute Gasteiger partial charge is 0.495 e. The van der Waals surface area contributed by atoms with Gasteiger partial charge in [0, 0.05) is 45.1 Å². The van der Waals surface area contributed by atoms with Crippen molar-refractivity contribution in [2.45, 2.75) is 24.4 Å². The summed E-state index contributed by atoms with van der Waals surface area (Å²) in [5.41, 5.74) is 5.42. The van der Waals surface area contributed by atoms with Crippen molar-refractivity contribution in [2.75, 3.05) is 51.0 Å². The summed E-state index contributed by atoms with van der Waals surface area (Å²) in [6, 6.07) is 9.03. The van der Waals surface area contributed by atoms with E-state index in [0.29, 0.717) is 6.04 Å². The molecule has 8 nitrogen and oxygen atoms in total. The van der Waals surface area contributed by atoms with Crippen LogP contribution in [0.15, 0.2) is 48.0 Å². The van der Waals surface area contributed by atoms with Crippen LogP contribution in [0.5, 0.6) is 5.75 Å². The van der Waals surface area contributed by atoms with Gasteiger partial charge in [-0.25, -0.2) is 4.98 Å². The molecular weight excluding hydrogens is 422 g/mol. The number of nitrogens with zero attached hydrogens (tertiary/aromatic N) is 6. The lowest BCUT2D eigenvalue weighted by Gasteiger charge is -2.28. The summed E-state index contributed by atoms with van der Waals surface area (Å²) in [6.07, 6.45) is 7.58. The van der Waals surface area contributed by atoms with Gasteiger partial charge in [-0.2, -0.15) is 5.10 Å². The van der Waals surface area contributed by atoms with E-state index in [9.17, 15) is 0 Å². The van der Waals surface area contributed by atoms with Crippen LogP contribution in [-0.4, -0.2) is 83.2 Å². The van der Waals surface area contributed by atoms with Gasteiger partial charge < -0.3 is 19.4 Å². The van der Waals surface area contributed by atoms with Crippen LogP contribution in [0, 0.1) is 5.92 Å². The molecule has 4 heterocycles. The number of aromatic nitrogens is 2. The minimum atomic E-state index is 0.144. The second-order valence-electron chi connectivity index (χ2n) is 8.58. The predicted octanol–water partition coefficient (Wildman–Crippen LogP) is 2.30. The topological polar surface area (TPSA) is 69.1 Å². The first-order valence-electron chi connectivity index (χ1n) is 11.3. The van der Waals surface area contributed by atoms with E-state index in [1.807, 2.05) is 17.8 Å². The van der Waals surface area contributed by atoms with E-state index in [2.05, 4.69) is 60.4 Å². The van der Waals surface area contributed by atoms with E-state index < -0.39 is 0 Å². The summed E-state index contributed by atoms with van der Waals surface area (Å²) in [4.78, 5) is 15.9. The zero-order valence-electron chi connectivity index (χ0n) is 18.7. The molecule has 1 aromatic carbocycles. The summed E-state index contributed by atoms with van der Waals surface area (Å²) in [5.74, 6) is 3.68. The van der Waals surface area contributed by atoms with Crippen molar-refractivity contribution in [3.63, 3.8) is 0 Å². The Bertz CT molecular complexity index is 943. The van der Waals surface area contributed by atoms with Gasteiger partial charge in [-0.1, -0.05) is 12.1 Å². The van der Waals surface area contributed by atoms with Crippen LogP contribution in [0.25, 0.3) is 0 Å². The number of thioether (sulfide) groups is 1. The normalized spacial score (nSPS) is 25.1. The van der Waals surface area contributed by atoms with Gasteiger partial charge in [0.15, 0.2) is 11.3 Å². The molecule has 3 atom stereocenters. The fraction of sp³-hybridized carbons (Fsp3) is 0.522. The lowest BCUT2D eigenvalue weighted by molar-refractivity contribution is 0.318. The Balaban J connectivity index is 1.08. The van der Waals surface area contributed by atoms with Gasteiger partial charge in [-0.3, -0.25) is 10.4 Å². The van der Waals surface area contributed by atoms with E-state index in [4.69, 9.17) is 4.74 Å². The summed E-state index contributed by atoms with van der Waals surface area (Å²) in [6.45, 7) is 4.64. The predicted molar refractivity (Wildman–Crippen MR) is 129 cm³/mol. The maximum atomic E-state index is 5.62. The Kier molecular flexibility index (Phi) is 6.36. The first-order valence-corrected chi connectivity index (χ1v) is 12.4. The van der Waals surface area contributed by atoms with E-state index in [0.717, 1.165) is 48.6 Å².